The SMILES string of the molecule is CCC[C@@H](NC(=O)Nc1ccc(Cl)cc1)C(=O)O. The standard InChI is InChI=1S/C12H15ClN2O3/c1-2-3-10(11(16)17)15-12(18)14-9-6-4-8(13)5-7-9/h4-7,10H,2-3H2,1H3,(H,16,17)(H2,14,15,18)/t10-/m1/s1. The van der Waals surface area contributed by atoms with Gasteiger partial charge in [0.2, 0.25) is 0 Å². The van der Waals surface area contributed by atoms with Gasteiger partial charge in [0.05, 0.1) is 0 Å². The number of hydrogen-bond donors (Lipinski definition) is 3. The van der Waals surface area contributed by atoms with E-state index in [1.54, 1.807) is 24.3 Å². The van der Waals surface area contributed by atoms with Crippen LogP contribution in [-0.4, -0.2) is 23.1 Å². The van der Waals surface area contributed by atoms with E-state index in [1.165, 1.54) is 0 Å². The molecule has 0 spiro atoms. The normalized spacial score (nSPS) is 11.7. The Bertz CT molecular complexity index is 420. The molecule has 1 rings (SSSR count). The minimum absolute atomic E-state index is 0.392. The third kappa shape index (κ3) is 4.63. The zero-order valence-corrected chi connectivity index (χ0v) is 10.7. The number of rotatable bonds is 5. The fourth-order valence-electron chi connectivity index (χ4n) is 1.40. The maximum absolute atomic E-state index is 11.6. The van der Waals surface area contributed by atoms with E-state index in [1.807, 2.05) is 6.92 Å². The molecule has 0 unspecified atom stereocenters. The predicted molar refractivity (Wildman–Crippen MR) is 69.9 cm³/mol. The van der Waals surface area contributed by atoms with Gasteiger partial charge in [-0.15, -0.1) is 0 Å². The third-order valence-electron chi connectivity index (χ3n) is 2.28. The molecule has 1 aromatic rings. The van der Waals surface area contributed by atoms with E-state index in [2.05, 4.69) is 10.6 Å². The Labute approximate surface area is 110 Å². The van der Waals surface area contributed by atoms with Crippen LogP contribution in [-0.2, 0) is 4.79 Å². The largest absolute Gasteiger partial charge is 0.480 e. The molecule has 0 aliphatic carbocycles. The fourth-order valence-corrected chi connectivity index (χ4v) is 1.53. The first kappa shape index (κ1) is 14.3. The predicted octanol–water partition coefficient (Wildman–Crippen LogP) is 2.71. The van der Waals surface area contributed by atoms with Gasteiger partial charge in [0.1, 0.15) is 6.04 Å². The van der Waals surface area contributed by atoms with Gasteiger partial charge in [0, 0.05) is 10.7 Å². The average molecular weight is 271 g/mol. The number of carboxylic acids is 1. The summed E-state index contributed by atoms with van der Waals surface area (Å²) in [6.07, 6.45) is 1.07. The average Bonchev–Trinajstić information content (AvgIpc) is 2.31. The Morgan fingerprint density at radius 3 is 2.44 bits per heavy atom. The first-order chi connectivity index (χ1) is 8.52. The number of carbonyl (C=O) groups excluding carboxylic acids is 1. The number of carbonyl (C=O) groups is 2. The molecule has 0 saturated carbocycles. The summed E-state index contributed by atoms with van der Waals surface area (Å²) in [6.45, 7) is 1.86. The van der Waals surface area contributed by atoms with Gasteiger partial charge in [-0.05, 0) is 30.7 Å². The summed E-state index contributed by atoms with van der Waals surface area (Å²) >= 11 is 5.71. The summed E-state index contributed by atoms with van der Waals surface area (Å²) < 4.78 is 0. The monoisotopic (exact) mass is 270 g/mol. The lowest BCUT2D eigenvalue weighted by Crippen LogP contribution is -2.42. The van der Waals surface area contributed by atoms with Crippen LogP contribution >= 0.6 is 11.6 Å². The van der Waals surface area contributed by atoms with E-state index in [4.69, 9.17) is 16.7 Å². The van der Waals surface area contributed by atoms with Gasteiger partial charge < -0.3 is 15.7 Å². The van der Waals surface area contributed by atoms with E-state index in [0.717, 1.165) is 0 Å². The van der Waals surface area contributed by atoms with Gasteiger partial charge in [-0.3, -0.25) is 0 Å². The molecule has 6 heteroatoms. The Morgan fingerprint density at radius 1 is 1.33 bits per heavy atom. The number of nitrogens with one attached hydrogen (secondary N) is 2. The second-order valence-electron chi connectivity index (χ2n) is 3.78. The van der Waals surface area contributed by atoms with E-state index in [-0.39, 0.29) is 0 Å². The van der Waals surface area contributed by atoms with Gasteiger partial charge in [-0.2, -0.15) is 0 Å². The number of urea groups is 1. The molecule has 0 aliphatic heterocycles. The van der Waals surface area contributed by atoms with Crippen molar-refractivity contribution in [2.75, 3.05) is 5.32 Å². The van der Waals surface area contributed by atoms with Crippen molar-refractivity contribution >= 4 is 29.3 Å². The van der Waals surface area contributed by atoms with Gasteiger partial charge in [0.15, 0.2) is 0 Å². The van der Waals surface area contributed by atoms with Crippen molar-refractivity contribution in [1.29, 1.82) is 0 Å². The molecular formula is C12H15ClN2O3. The highest BCUT2D eigenvalue weighted by molar-refractivity contribution is 6.30. The second kappa shape index (κ2) is 6.86. The molecule has 18 heavy (non-hydrogen) atoms. The van der Waals surface area contributed by atoms with Crippen molar-refractivity contribution in [3.63, 3.8) is 0 Å². The number of anilines is 1. The molecule has 3 N–H and O–H groups in total. The summed E-state index contributed by atoms with van der Waals surface area (Å²) in [7, 11) is 0. The third-order valence-corrected chi connectivity index (χ3v) is 2.53. The number of halogens is 1. The van der Waals surface area contributed by atoms with Crippen molar-refractivity contribution in [3.8, 4) is 0 Å². The molecule has 2 amide bonds. The zero-order valence-electron chi connectivity index (χ0n) is 9.94. The molecule has 0 saturated heterocycles. The molecule has 0 fully saturated rings. The van der Waals surface area contributed by atoms with Crippen molar-refractivity contribution in [3.05, 3.63) is 29.3 Å². The summed E-state index contributed by atoms with van der Waals surface area (Å²) in [5.74, 6) is -1.04. The highest BCUT2D eigenvalue weighted by Crippen LogP contribution is 2.13. The number of amides is 2. The number of carboxylic acid groups (broad SMARTS) is 1. The minimum atomic E-state index is -1.04. The molecule has 0 radical (unpaired) electrons. The van der Waals surface area contributed by atoms with E-state index >= 15 is 0 Å². The quantitative estimate of drug-likeness (QED) is 0.770. The van der Waals surface area contributed by atoms with Crippen molar-refractivity contribution in [2.45, 2.75) is 25.8 Å². The molecule has 0 aromatic heterocycles. The molecule has 1 atom stereocenters. The summed E-state index contributed by atoms with van der Waals surface area (Å²) in [4.78, 5) is 22.4. The van der Waals surface area contributed by atoms with E-state index in [9.17, 15) is 9.59 Å². The maximum Gasteiger partial charge on any atom is 0.326 e. The molecule has 0 heterocycles. The van der Waals surface area contributed by atoms with Crippen molar-refractivity contribution in [1.82, 2.24) is 5.32 Å². The van der Waals surface area contributed by atoms with Gasteiger partial charge in [0.25, 0.3) is 0 Å². The first-order valence-corrected chi connectivity index (χ1v) is 5.96. The molecule has 0 aliphatic rings. The lowest BCUT2D eigenvalue weighted by atomic mass is 10.2. The topological polar surface area (TPSA) is 78.4 Å². The van der Waals surface area contributed by atoms with E-state index in [0.29, 0.717) is 23.6 Å². The minimum Gasteiger partial charge on any atom is -0.480 e. The summed E-state index contributed by atoms with van der Waals surface area (Å²) in [5, 5.41) is 14.4. The van der Waals surface area contributed by atoms with Crippen molar-refractivity contribution < 1.29 is 14.7 Å². The van der Waals surface area contributed by atoms with Crippen LogP contribution in [0, 0.1) is 0 Å². The Hall–Kier alpha value is -1.75. The molecule has 5 nitrogen and oxygen atoms in total. The van der Waals surface area contributed by atoms with Crippen LogP contribution < -0.4 is 10.6 Å². The van der Waals surface area contributed by atoms with E-state index < -0.39 is 18.0 Å². The van der Waals surface area contributed by atoms with Crippen LogP contribution in [0.4, 0.5) is 10.5 Å². The highest BCUT2D eigenvalue weighted by atomic mass is 35.5. The summed E-state index contributed by atoms with van der Waals surface area (Å²) in [5.41, 5.74) is 0.553. The van der Waals surface area contributed by atoms with Gasteiger partial charge >= 0.3 is 12.0 Å². The lowest BCUT2D eigenvalue weighted by molar-refractivity contribution is -0.139. The molecule has 0 bridgehead atoms. The van der Waals surface area contributed by atoms with Gasteiger partial charge in [-0.25, -0.2) is 9.59 Å². The fraction of sp³-hybridized carbons (Fsp3) is 0.333. The van der Waals surface area contributed by atoms with Crippen LogP contribution in [0.1, 0.15) is 19.8 Å². The lowest BCUT2D eigenvalue weighted by Gasteiger charge is -2.14. The van der Waals surface area contributed by atoms with Crippen LogP contribution in [0.3, 0.4) is 0 Å². The smallest absolute Gasteiger partial charge is 0.326 e. The Kier molecular flexibility index (Phi) is 5.45. The van der Waals surface area contributed by atoms with Crippen LogP contribution in [0.2, 0.25) is 5.02 Å². The molecule has 98 valence electrons. The van der Waals surface area contributed by atoms with Crippen molar-refractivity contribution in [2.24, 2.45) is 0 Å². The van der Waals surface area contributed by atoms with Gasteiger partial charge in [-0.1, -0.05) is 24.9 Å². The zero-order chi connectivity index (χ0) is 13.5. The second-order valence-corrected chi connectivity index (χ2v) is 4.22. The van der Waals surface area contributed by atoms with Crippen LogP contribution in [0.15, 0.2) is 24.3 Å². The molecule has 1 aromatic carbocycles. The van der Waals surface area contributed by atoms with Crippen LogP contribution in [0.25, 0.3) is 0 Å². The maximum atomic E-state index is 11.6. The number of benzene rings is 1. The Morgan fingerprint density at radius 2 is 1.94 bits per heavy atom. The number of hydrogen-bond acceptors (Lipinski definition) is 2. The Balaban J connectivity index is 2.54. The number of aliphatic carboxylic acids is 1. The highest BCUT2D eigenvalue weighted by Gasteiger charge is 2.18. The molecular weight excluding hydrogens is 256 g/mol. The van der Waals surface area contributed by atoms with Crippen LogP contribution in [0.5, 0.6) is 0 Å². The summed E-state index contributed by atoms with van der Waals surface area (Å²) in [6, 6.07) is 5.13. The first-order valence-electron chi connectivity index (χ1n) is 5.58.